The summed E-state index contributed by atoms with van der Waals surface area (Å²) in [7, 11) is 0. The zero-order valence-corrected chi connectivity index (χ0v) is 19.2. The fourth-order valence-electron chi connectivity index (χ4n) is 5.13. The number of para-hydroxylation sites is 2. The van der Waals surface area contributed by atoms with E-state index in [0.717, 1.165) is 70.4 Å². The second-order valence-corrected chi connectivity index (χ2v) is 8.87. The number of nitrogens with zero attached hydrogens (tertiary/aromatic N) is 2. The molecule has 0 radical (unpaired) electrons. The van der Waals surface area contributed by atoms with Gasteiger partial charge in [-0.1, -0.05) is 36.4 Å². The van der Waals surface area contributed by atoms with E-state index in [1.807, 2.05) is 66.7 Å². The van der Waals surface area contributed by atoms with Crippen molar-refractivity contribution < 1.29 is 18.7 Å². The minimum absolute atomic E-state index is 0.214. The molecule has 1 amide bonds. The Balaban J connectivity index is 1.33. The van der Waals surface area contributed by atoms with Crippen molar-refractivity contribution in [3.05, 3.63) is 95.1 Å². The number of amides is 1. The zero-order chi connectivity index (χ0) is 23.8. The first-order valence-corrected chi connectivity index (χ1v) is 11.9. The molecule has 4 aromatic rings. The summed E-state index contributed by atoms with van der Waals surface area (Å²) < 4.78 is 11.2. The Labute approximate surface area is 202 Å². The monoisotopic (exact) mass is 464 g/mol. The number of aromatic nitrogens is 1. The predicted octanol–water partition coefficient (Wildman–Crippen LogP) is 5.45. The highest BCUT2D eigenvalue weighted by molar-refractivity contribution is 6.07. The summed E-state index contributed by atoms with van der Waals surface area (Å²) in [6.45, 7) is 0.304. The molecule has 6 rings (SSSR count). The molecule has 1 aliphatic heterocycles. The van der Waals surface area contributed by atoms with E-state index in [-0.39, 0.29) is 12.5 Å². The van der Waals surface area contributed by atoms with Gasteiger partial charge >= 0.3 is 5.97 Å². The lowest BCUT2D eigenvalue weighted by Crippen LogP contribution is -2.33. The molecule has 0 saturated carbocycles. The molecule has 6 nitrogen and oxygen atoms in total. The topological polar surface area (TPSA) is 72.6 Å². The molecule has 0 saturated heterocycles. The number of hydrogen-bond acceptors (Lipinski definition) is 5. The van der Waals surface area contributed by atoms with Crippen LogP contribution in [0.2, 0.25) is 0 Å². The van der Waals surface area contributed by atoms with Crippen molar-refractivity contribution in [3.8, 4) is 0 Å². The first-order chi connectivity index (χ1) is 17.2. The van der Waals surface area contributed by atoms with Crippen molar-refractivity contribution in [1.29, 1.82) is 0 Å². The number of anilines is 1. The van der Waals surface area contributed by atoms with Gasteiger partial charge in [0.05, 0.1) is 23.0 Å². The summed E-state index contributed by atoms with van der Waals surface area (Å²) in [6.07, 6.45) is 6.90. The summed E-state index contributed by atoms with van der Waals surface area (Å²) in [5, 5.41) is 0.745. The number of benzene rings is 2. The maximum absolute atomic E-state index is 13.5. The Kier molecular flexibility index (Phi) is 5.41. The summed E-state index contributed by atoms with van der Waals surface area (Å²) in [4.78, 5) is 33.0. The van der Waals surface area contributed by atoms with Crippen molar-refractivity contribution in [1.82, 2.24) is 4.98 Å². The average molecular weight is 465 g/mol. The summed E-state index contributed by atoms with van der Waals surface area (Å²) in [5.74, 6) is 0.0530. The fraction of sp³-hybridized carbons (Fsp3) is 0.207. The number of fused-ring (bicyclic) bond motifs is 3. The highest BCUT2D eigenvalue weighted by Crippen LogP contribution is 2.36. The minimum Gasteiger partial charge on any atom is -0.465 e. The Bertz CT molecular complexity index is 1470. The van der Waals surface area contributed by atoms with E-state index < -0.39 is 5.97 Å². The van der Waals surface area contributed by atoms with E-state index >= 15 is 0 Å². The van der Waals surface area contributed by atoms with Gasteiger partial charge in [-0.05, 0) is 72.7 Å². The number of furan rings is 1. The molecule has 0 atom stereocenters. The molecular formula is C29H24N2O4. The summed E-state index contributed by atoms with van der Waals surface area (Å²) in [6, 6.07) is 19.2. The van der Waals surface area contributed by atoms with Crippen LogP contribution in [0.25, 0.3) is 22.6 Å². The van der Waals surface area contributed by atoms with Crippen LogP contribution in [0.3, 0.4) is 0 Å². The van der Waals surface area contributed by atoms with Crippen LogP contribution in [-0.2, 0) is 22.4 Å². The third kappa shape index (κ3) is 3.91. The molecule has 2 aliphatic rings. The highest BCUT2D eigenvalue weighted by Gasteiger charge is 2.28. The maximum atomic E-state index is 13.5. The van der Waals surface area contributed by atoms with E-state index in [0.29, 0.717) is 12.1 Å². The Morgan fingerprint density at radius 2 is 1.86 bits per heavy atom. The van der Waals surface area contributed by atoms with Gasteiger partial charge in [0.2, 0.25) is 0 Å². The van der Waals surface area contributed by atoms with Gasteiger partial charge in [0.15, 0.2) is 6.61 Å². The molecule has 2 aromatic carbocycles. The maximum Gasteiger partial charge on any atom is 0.339 e. The largest absolute Gasteiger partial charge is 0.465 e. The lowest BCUT2D eigenvalue weighted by atomic mass is 9.86. The molecule has 35 heavy (non-hydrogen) atoms. The van der Waals surface area contributed by atoms with Crippen LogP contribution in [0.15, 0.2) is 71.3 Å². The summed E-state index contributed by atoms with van der Waals surface area (Å²) in [5.41, 5.74) is 5.97. The van der Waals surface area contributed by atoms with Gasteiger partial charge < -0.3 is 14.1 Å². The fourth-order valence-corrected chi connectivity index (χ4v) is 5.13. The van der Waals surface area contributed by atoms with Gasteiger partial charge in [-0.2, -0.15) is 0 Å². The standard InChI is InChI=1S/C29H24N2O4/c32-26(31-15-14-19-7-1-4-13-25(19)31)18-35-29(33)27-22-10-2-3-12-24(22)30-28-20(8-5-11-23(27)28)17-21-9-6-16-34-21/h1-4,6-7,9-10,12-13,16-17H,5,8,11,14-15,18H2. The number of carbonyl (C=O) groups is 2. The zero-order valence-electron chi connectivity index (χ0n) is 19.2. The smallest absolute Gasteiger partial charge is 0.339 e. The number of rotatable bonds is 4. The Morgan fingerprint density at radius 3 is 2.74 bits per heavy atom. The van der Waals surface area contributed by atoms with Crippen molar-refractivity contribution in [2.24, 2.45) is 0 Å². The van der Waals surface area contributed by atoms with Crippen LogP contribution >= 0.6 is 0 Å². The lowest BCUT2D eigenvalue weighted by Gasteiger charge is -2.22. The van der Waals surface area contributed by atoms with E-state index in [1.165, 1.54) is 0 Å². The van der Waals surface area contributed by atoms with E-state index in [4.69, 9.17) is 14.1 Å². The van der Waals surface area contributed by atoms with Gasteiger partial charge in [-0.25, -0.2) is 9.78 Å². The van der Waals surface area contributed by atoms with Crippen LogP contribution in [-0.4, -0.2) is 30.0 Å². The molecule has 0 spiro atoms. The quantitative estimate of drug-likeness (QED) is 0.376. The number of hydrogen-bond donors (Lipinski definition) is 0. The molecule has 3 heterocycles. The molecule has 1 aliphatic carbocycles. The van der Waals surface area contributed by atoms with Crippen LogP contribution < -0.4 is 4.90 Å². The number of ether oxygens (including phenoxy) is 1. The molecule has 6 heteroatoms. The van der Waals surface area contributed by atoms with E-state index in [9.17, 15) is 9.59 Å². The van der Waals surface area contributed by atoms with E-state index in [1.54, 1.807) is 11.2 Å². The van der Waals surface area contributed by atoms with Crippen LogP contribution in [0.4, 0.5) is 5.69 Å². The van der Waals surface area contributed by atoms with Crippen LogP contribution in [0.1, 0.15) is 45.8 Å². The van der Waals surface area contributed by atoms with Crippen molar-refractivity contribution >= 4 is 40.1 Å². The number of pyridine rings is 1. The van der Waals surface area contributed by atoms with Crippen LogP contribution in [0.5, 0.6) is 0 Å². The minimum atomic E-state index is -0.486. The van der Waals surface area contributed by atoms with Gasteiger partial charge in [-0.3, -0.25) is 4.79 Å². The normalized spacial score (nSPS) is 15.8. The number of allylic oxidation sites excluding steroid dienone is 1. The van der Waals surface area contributed by atoms with Gasteiger partial charge in [0, 0.05) is 17.6 Å². The second-order valence-electron chi connectivity index (χ2n) is 8.87. The summed E-state index contributed by atoms with van der Waals surface area (Å²) >= 11 is 0. The average Bonchev–Trinajstić information content (AvgIpc) is 3.56. The molecule has 174 valence electrons. The van der Waals surface area contributed by atoms with Crippen molar-refractivity contribution in [3.63, 3.8) is 0 Å². The number of carbonyl (C=O) groups excluding carboxylic acids is 2. The third-order valence-corrected chi connectivity index (χ3v) is 6.75. The van der Waals surface area contributed by atoms with Crippen LogP contribution in [0, 0.1) is 0 Å². The first-order valence-electron chi connectivity index (χ1n) is 11.9. The molecule has 0 bridgehead atoms. The SMILES string of the molecule is O=C(OCC(=O)N1CCc2ccccc21)c1c2c(nc3ccccc13)C(=Cc1ccco1)CCC2. The predicted molar refractivity (Wildman–Crippen MR) is 134 cm³/mol. The Morgan fingerprint density at radius 1 is 1.00 bits per heavy atom. The van der Waals surface area contributed by atoms with Gasteiger partial charge in [0.25, 0.3) is 5.91 Å². The molecule has 0 unspecified atom stereocenters. The van der Waals surface area contributed by atoms with Gasteiger partial charge in [0.1, 0.15) is 5.76 Å². The highest BCUT2D eigenvalue weighted by atomic mass is 16.5. The third-order valence-electron chi connectivity index (χ3n) is 6.75. The van der Waals surface area contributed by atoms with E-state index in [2.05, 4.69) is 0 Å². The van der Waals surface area contributed by atoms with Crippen molar-refractivity contribution in [2.75, 3.05) is 18.1 Å². The second kappa shape index (κ2) is 8.87. The first kappa shape index (κ1) is 21.4. The molecule has 2 aromatic heterocycles. The molecule has 0 N–H and O–H groups in total. The number of esters is 1. The molecular weight excluding hydrogens is 440 g/mol. The Hall–Kier alpha value is -4.19. The van der Waals surface area contributed by atoms with Crippen molar-refractivity contribution in [2.45, 2.75) is 25.7 Å². The molecule has 0 fully saturated rings. The lowest BCUT2D eigenvalue weighted by molar-refractivity contribution is -0.121. The van der Waals surface area contributed by atoms with Gasteiger partial charge in [-0.15, -0.1) is 0 Å².